The number of carboxylic acid groups (broad SMARTS) is 1. The van der Waals surface area contributed by atoms with E-state index >= 15 is 0 Å². The highest BCUT2D eigenvalue weighted by atomic mass is 19.4. The number of aromatic nitrogens is 2. The Morgan fingerprint density at radius 3 is 2.16 bits per heavy atom. The summed E-state index contributed by atoms with van der Waals surface area (Å²) in [5, 5.41) is 12.4. The molecule has 2 aliphatic heterocycles. The van der Waals surface area contributed by atoms with Gasteiger partial charge in [0.1, 0.15) is 17.1 Å². The van der Waals surface area contributed by atoms with Crippen molar-refractivity contribution in [3.05, 3.63) is 59.3 Å². The van der Waals surface area contributed by atoms with Crippen molar-refractivity contribution < 1.29 is 49.4 Å². The Kier molecular flexibility index (Phi) is 11.4. The third-order valence-electron chi connectivity index (χ3n) is 9.80. The molecule has 0 radical (unpaired) electrons. The van der Waals surface area contributed by atoms with Gasteiger partial charge >= 0.3 is 24.5 Å². The van der Waals surface area contributed by atoms with E-state index < -0.39 is 72.2 Å². The minimum Gasteiger partial charge on any atom is -0.481 e. The first kappa shape index (κ1) is 38.2. The molecule has 1 unspecified atom stereocenters. The molecule has 0 bridgehead atoms. The molecule has 1 aliphatic carbocycles. The van der Waals surface area contributed by atoms with Crippen molar-refractivity contribution in [3.63, 3.8) is 0 Å². The maximum absolute atomic E-state index is 15.0. The van der Waals surface area contributed by atoms with E-state index in [1.54, 1.807) is 4.90 Å². The molecular formula is C34H39F9N6O2. The second-order valence-corrected chi connectivity index (χ2v) is 13.5. The lowest BCUT2D eigenvalue weighted by molar-refractivity contribution is -0.199. The van der Waals surface area contributed by atoms with Crippen LogP contribution in [-0.2, 0) is 23.7 Å². The average molecular weight is 735 g/mol. The Morgan fingerprint density at radius 1 is 0.961 bits per heavy atom. The van der Waals surface area contributed by atoms with Gasteiger partial charge < -0.3 is 20.2 Å². The van der Waals surface area contributed by atoms with Crippen molar-refractivity contribution >= 4 is 23.6 Å². The number of carbonyl (C=O) groups is 1. The number of benzene rings is 1. The zero-order valence-corrected chi connectivity index (χ0v) is 27.6. The first-order valence-corrected chi connectivity index (χ1v) is 16.8. The summed E-state index contributed by atoms with van der Waals surface area (Å²) in [6.45, 7) is -1.61. The summed E-state index contributed by atoms with van der Waals surface area (Å²) in [4.78, 5) is 26.7. The number of carboxylic acids is 1. The van der Waals surface area contributed by atoms with Gasteiger partial charge in [0, 0.05) is 38.9 Å². The lowest BCUT2D eigenvalue weighted by Gasteiger charge is -2.38. The van der Waals surface area contributed by atoms with Crippen LogP contribution in [0, 0.1) is 17.3 Å². The molecule has 1 aromatic heterocycles. The van der Waals surface area contributed by atoms with Crippen LogP contribution in [0.15, 0.2) is 47.6 Å². The van der Waals surface area contributed by atoms with Gasteiger partial charge in [-0.3, -0.25) is 9.79 Å². The zero-order chi connectivity index (χ0) is 37.0. The van der Waals surface area contributed by atoms with Gasteiger partial charge in [-0.05, 0) is 67.5 Å². The van der Waals surface area contributed by atoms with Crippen LogP contribution in [0.4, 0.5) is 51.3 Å². The van der Waals surface area contributed by atoms with Crippen molar-refractivity contribution in [3.8, 4) is 0 Å². The largest absolute Gasteiger partial charge is 0.481 e. The molecule has 0 amide bonds. The van der Waals surface area contributed by atoms with E-state index in [0.29, 0.717) is 24.6 Å². The number of amidine groups is 1. The van der Waals surface area contributed by atoms with Gasteiger partial charge in [0.05, 0.1) is 23.6 Å². The Balaban J connectivity index is 1.45. The van der Waals surface area contributed by atoms with E-state index in [9.17, 15) is 49.4 Å². The van der Waals surface area contributed by atoms with Crippen LogP contribution in [0.5, 0.6) is 0 Å². The second-order valence-electron chi connectivity index (χ2n) is 13.5. The van der Waals surface area contributed by atoms with Gasteiger partial charge in [0.25, 0.3) is 0 Å². The highest BCUT2D eigenvalue weighted by molar-refractivity contribution is 5.93. The average Bonchev–Trinajstić information content (AvgIpc) is 3.59. The number of piperidine rings is 1. The number of anilines is 2. The molecule has 1 aromatic carbocycles. The number of dihydropyridines is 1. The Labute approximate surface area is 288 Å². The highest BCUT2D eigenvalue weighted by Gasteiger charge is 2.55. The minimum atomic E-state index is -5.17. The summed E-state index contributed by atoms with van der Waals surface area (Å²) < 4.78 is 127. The van der Waals surface area contributed by atoms with Gasteiger partial charge in [0.2, 0.25) is 5.95 Å². The molecule has 3 aliphatic rings. The third kappa shape index (κ3) is 9.64. The lowest BCUT2D eigenvalue weighted by atomic mass is 9.84. The molecule has 17 heteroatoms. The summed E-state index contributed by atoms with van der Waals surface area (Å²) in [5.74, 6) is -0.831. The molecule has 2 N–H and O–H groups in total. The smallest absolute Gasteiger partial charge is 0.416 e. The van der Waals surface area contributed by atoms with E-state index in [-0.39, 0.29) is 49.6 Å². The summed E-state index contributed by atoms with van der Waals surface area (Å²) in [6.07, 6.45) is -4.89. The number of hydrogen-bond donors (Lipinski definition) is 2. The molecule has 1 saturated heterocycles. The number of rotatable bonds is 11. The number of alkyl halides is 9. The van der Waals surface area contributed by atoms with Crippen LogP contribution >= 0.6 is 0 Å². The number of halogens is 9. The molecule has 3 heterocycles. The summed E-state index contributed by atoms with van der Waals surface area (Å²) in [7, 11) is 0. The normalized spacial score (nSPS) is 20.8. The third-order valence-corrected chi connectivity index (χ3v) is 9.80. The van der Waals surface area contributed by atoms with Gasteiger partial charge in [-0.2, -0.15) is 44.5 Å². The van der Waals surface area contributed by atoms with Crippen LogP contribution < -0.4 is 15.1 Å². The van der Waals surface area contributed by atoms with Crippen LogP contribution in [0.25, 0.3) is 0 Å². The molecule has 1 saturated carbocycles. The molecular weight excluding hydrogens is 695 g/mol. The molecule has 1 atom stereocenters. The van der Waals surface area contributed by atoms with Crippen molar-refractivity contribution in [2.24, 2.45) is 22.2 Å². The second kappa shape index (κ2) is 15.3. The maximum atomic E-state index is 15.0. The molecule has 0 spiro atoms. The number of hydrogen-bond acceptors (Lipinski definition) is 7. The number of nitrogens with one attached hydrogen (secondary N) is 1. The highest BCUT2D eigenvalue weighted by Crippen LogP contribution is 2.43. The first-order chi connectivity index (χ1) is 23.9. The molecule has 51 heavy (non-hydrogen) atoms. The fourth-order valence-electron chi connectivity index (χ4n) is 6.86. The Morgan fingerprint density at radius 2 is 1.61 bits per heavy atom. The van der Waals surface area contributed by atoms with E-state index in [2.05, 4.69) is 20.3 Å². The van der Waals surface area contributed by atoms with E-state index in [1.807, 2.05) is 0 Å². The van der Waals surface area contributed by atoms with Gasteiger partial charge in [-0.1, -0.05) is 31.8 Å². The summed E-state index contributed by atoms with van der Waals surface area (Å²) in [6, 6.07) is 2.32. The Bertz CT molecular complexity index is 1550. The zero-order valence-electron chi connectivity index (χ0n) is 27.6. The van der Waals surface area contributed by atoms with E-state index in [1.165, 1.54) is 44.0 Å². The van der Waals surface area contributed by atoms with Crippen molar-refractivity contribution in [2.45, 2.75) is 76.4 Å². The molecule has 8 nitrogen and oxygen atoms in total. The molecule has 5 rings (SSSR count). The SMILES string of the molecule is O=C(O)C1CCN(c2ccnc(N(Cc3cc(C(F)(F)F)cc(C(F)(F)F)c3)CC3(C(F)(F)F)C=CC(NCCCC4CCCC4)=NC3)n2)CC1. The summed E-state index contributed by atoms with van der Waals surface area (Å²) in [5.41, 5.74) is -6.48. The summed E-state index contributed by atoms with van der Waals surface area (Å²) >= 11 is 0. The quantitative estimate of drug-likeness (QED) is 0.179. The maximum Gasteiger partial charge on any atom is 0.416 e. The van der Waals surface area contributed by atoms with Gasteiger partial charge in [-0.25, -0.2) is 4.98 Å². The van der Waals surface area contributed by atoms with Gasteiger partial charge in [0.15, 0.2) is 0 Å². The first-order valence-electron chi connectivity index (χ1n) is 16.8. The standard InChI is InChI=1S/C34H39F9N6O2/c35-32(36,37)25-16-23(17-26(18-25)33(38,39)40)19-49(30-45-13-8-28(47-30)48-14-9-24(10-15-48)29(50)51)21-31(34(41,42)43)11-7-27(46-20-31)44-12-3-6-22-4-1-2-5-22/h7-8,11,13,16-18,22,24H,1-6,9-10,12,14-15,19-21H2,(H,44,46)(H,50,51). The van der Waals surface area contributed by atoms with E-state index in [0.717, 1.165) is 23.8 Å². The number of aliphatic carboxylic acids is 1. The molecule has 280 valence electrons. The van der Waals surface area contributed by atoms with Crippen LogP contribution in [0.3, 0.4) is 0 Å². The molecule has 2 fully saturated rings. The fourth-order valence-corrected chi connectivity index (χ4v) is 6.86. The fraction of sp³-hybridized carbons (Fsp3) is 0.588. The topological polar surface area (TPSA) is 94.0 Å². The lowest BCUT2D eigenvalue weighted by Crippen LogP contribution is -2.50. The van der Waals surface area contributed by atoms with E-state index in [4.69, 9.17) is 0 Å². The predicted octanol–water partition coefficient (Wildman–Crippen LogP) is 7.90. The van der Waals surface area contributed by atoms with Crippen molar-refractivity contribution in [1.82, 2.24) is 15.3 Å². The van der Waals surface area contributed by atoms with Crippen molar-refractivity contribution in [2.75, 3.05) is 42.5 Å². The van der Waals surface area contributed by atoms with Crippen LogP contribution in [0.2, 0.25) is 0 Å². The van der Waals surface area contributed by atoms with Crippen LogP contribution in [0.1, 0.15) is 68.1 Å². The van der Waals surface area contributed by atoms with Crippen LogP contribution in [-0.4, -0.2) is 65.8 Å². The predicted molar refractivity (Wildman–Crippen MR) is 171 cm³/mol. The Hall–Kier alpha value is -4.05. The molecule has 2 aromatic rings. The number of nitrogens with zero attached hydrogens (tertiary/aromatic N) is 5. The number of aliphatic imine (C=N–C) groups is 1. The monoisotopic (exact) mass is 734 g/mol. The van der Waals surface area contributed by atoms with Crippen molar-refractivity contribution in [1.29, 1.82) is 0 Å². The minimum absolute atomic E-state index is 0.0518. The van der Waals surface area contributed by atoms with Gasteiger partial charge in [-0.15, -0.1) is 0 Å².